The van der Waals surface area contributed by atoms with Gasteiger partial charge in [-0.2, -0.15) is 0 Å². The minimum absolute atomic E-state index is 0.0824. The molecule has 0 aliphatic carbocycles. The van der Waals surface area contributed by atoms with E-state index in [0.29, 0.717) is 47.0 Å². The van der Waals surface area contributed by atoms with Gasteiger partial charge in [-0.15, -0.1) is 46.7 Å². The minimum atomic E-state index is -4.81. The number of alkyl halides is 7. The van der Waals surface area contributed by atoms with Gasteiger partial charge in [-0.25, -0.2) is 4.39 Å². The first-order valence-corrected chi connectivity index (χ1v) is 16.7. The molecule has 0 amide bonds. The summed E-state index contributed by atoms with van der Waals surface area (Å²) < 4.78 is 110. The third-order valence-electron chi connectivity index (χ3n) is 7.85. The topological polar surface area (TPSA) is 123 Å². The summed E-state index contributed by atoms with van der Waals surface area (Å²) in [5.41, 5.74) is 3.41. The normalized spacial score (nSPS) is 14.2. The van der Waals surface area contributed by atoms with Gasteiger partial charge in [0.1, 0.15) is 17.3 Å². The van der Waals surface area contributed by atoms with E-state index in [4.69, 9.17) is 9.47 Å². The SMILES string of the molecule is CC.COCc1cc(-c2cn3c(C(C)F)nnc3cn2)ccc1OC(F)(F)F.FC(F)(F)Oc1ccc(-c2cn3c(C4CCOCC4)nnc3cn2)cc1. The second-order valence-electron chi connectivity index (χ2n) is 11.5. The number of aromatic nitrogens is 8. The molecule has 0 saturated carbocycles. The molecule has 1 fully saturated rings. The van der Waals surface area contributed by atoms with Crippen molar-refractivity contribution in [3.05, 3.63) is 84.5 Å². The molecule has 288 valence electrons. The van der Waals surface area contributed by atoms with Crippen molar-refractivity contribution in [3.8, 4) is 34.0 Å². The molecule has 54 heavy (non-hydrogen) atoms. The van der Waals surface area contributed by atoms with Crippen molar-refractivity contribution in [1.29, 1.82) is 0 Å². The van der Waals surface area contributed by atoms with Crippen LogP contribution in [-0.2, 0) is 16.1 Å². The van der Waals surface area contributed by atoms with Crippen molar-refractivity contribution in [2.75, 3.05) is 20.3 Å². The second kappa shape index (κ2) is 17.1. The van der Waals surface area contributed by atoms with E-state index in [-0.39, 0.29) is 35.4 Å². The summed E-state index contributed by atoms with van der Waals surface area (Å²) in [4.78, 5) is 8.53. The number of methoxy groups -OCH3 is 1. The van der Waals surface area contributed by atoms with Crippen LogP contribution < -0.4 is 9.47 Å². The highest BCUT2D eigenvalue weighted by atomic mass is 19.4. The molecule has 4 aromatic heterocycles. The number of rotatable bonds is 8. The third-order valence-corrected chi connectivity index (χ3v) is 7.85. The summed E-state index contributed by atoms with van der Waals surface area (Å²) in [5, 5.41) is 16.0. The van der Waals surface area contributed by atoms with Gasteiger partial charge in [0.15, 0.2) is 23.3 Å². The van der Waals surface area contributed by atoms with Crippen LogP contribution in [0, 0.1) is 0 Å². The molecule has 1 saturated heterocycles. The van der Waals surface area contributed by atoms with E-state index in [1.807, 2.05) is 18.2 Å². The number of nitrogens with zero attached hydrogens (tertiary/aromatic N) is 8. The zero-order chi connectivity index (χ0) is 39.0. The lowest BCUT2D eigenvalue weighted by molar-refractivity contribution is -0.275. The van der Waals surface area contributed by atoms with Crippen LogP contribution in [0.5, 0.6) is 11.5 Å². The number of benzene rings is 2. The van der Waals surface area contributed by atoms with Crippen molar-refractivity contribution in [2.24, 2.45) is 0 Å². The van der Waals surface area contributed by atoms with Gasteiger partial charge < -0.3 is 18.9 Å². The summed E-state index contributed by atoms with van der Waals surface area (Å²) in [5.74, 6) is 0.597. The van der Waals surface area contributed by atoms with E-state index in [9.17, 15) is 30.7 Å². The van der Waals surface area contributed by atoms with Crippen molar-refractivity contribution < 1.29 is 49.7 Å². The van der Waals surface area contributed by atoms with E-state index in [0.717, 1.165) is 18.7 Å². The maximum atomic E-state index is 13.6. The van der Waals surface area contributed by atoms with E-state index in [2.05, 4.69) is 39.8 Å². The first-order chi connectivity index (χ1) is 25.8. The van der Waals surface area contributed by atoms with Crippen LogP contribution in [0.25, 0.3) is 33.8 Å². The quantitative estimate of drug-likeness (QED) is 0.140. The Labute approximate surface area is 303 Å². The van der Waals surface area contributed by atoms with Gasteiger partial charge in [-0.05, 0) is 62.2 Å². The Morgan fingerprint density at radius 2 is 1.35 bits per heavy atom. The lowest BCUT2D eigenvalue weighted by Crippen LogP contribution is -2.18. The van der Waals surface area contributed by atoms with Gasteiger partial charge in [0.05, 0.1) is 30.4 Å². The van der Waals surface area contributed by atoms with E-state index < -0.39 is 18.9 Å². The molecule has 5 heterocycles. The smallest absolute Gasteiger partial charge is 0.406 e. The van der Waals surface area contributed by atoms with E-state index in [1.54, 1.807) is 12.4 Å². The lowest BCUT2D eigenvalue weighted by atomic mass is 9.99. The van der Waals surface area contributed by atoms with Gasteiger partial charge >= 0.3 is 12.7 Å². The van der Waals surface area contributed by atoms with Crippen molar-refractivity contribution in [2.45, 2.75) is 65.0 Å². The molecular formula is C35H35F7N8O4. The first-order valence-electron chi connectivity index (χ1n) is 16.7. The molecule has 0 radical (unpaired) electrons. The van der Waals surface area contributed by atoms with Gasteiger partial charge in [0.25, 0.3) is 0 Å². The largest absolute Gasteiger partial charge is 0.573 e. The Balaban J connectivity index is 0.000000199. The first kappa shape index (κ1) is 39.8. The molecule has 6 aromatic rings. The average Bonchev–Trinajstić information content (AvgIpc) is 3.77. The highest BCUT2D eigenvalue weighted by molar-refractivity contribution is 5.63. The second-order valence-corrected chi connectivity index (χ2v) is 11.5. The van der Waals surface area contributed by atoms with Gasteiger partial charge in [0, 0.05) is 55.3 Å². The molecule has 0 spiro atoms. The molecule has 7 rings (SSSR count). The lowest BCUT2D eigenvalue weighted by Gasteiger charge is -2.20. The zero-order valence-electron chi connectivity index (χ0n) is 29.4. The fourth-order valence-electron chi connectivity index (χ4n) is 5.50. The number of fused-ring (bicyclic) bond motifs is 2. The zero-order valence-corrected chi connectivity index (χ0v) is 29.4. The summed E-state index contributed by atoms with van der Waals surface area (Å²) in [6.45, 7) is 6.63. The molecule has 1 aliphatic rings. The Bertz CT molecular complexity index is 2130. The van der Waals surface area contributed by atoms with Crippen LogP contribution >= 0.6 is 0 Å². The maximum Gasteiger partial charge on any atom is 0.573 e. The fourth-order valence-corrected chi connectivity index (χ4v) is 5.50. The summed E-state index contributed by atoms with van der Waals surface area (Å²) in [6.07, 6.45) is -2.77. The summed E-state index contributed by atoms with van der Waals surface area (Å²) >= 11 is 0. The number of hydrogen-bond acceptors (Lipinski definition) is 10. The summed E-state index contributed by atoms with van der Waals surface area (Å²) in [7, 11) is 1.36. The highest BCUT2D eigenvalue weighted by Gasteiger charge is 2.32. The third kappa shape index (κ3) is 9.95. The maximum absolute atomic E-state index is 13.6. The Morgan fingerprint density at radius 1 is 0.778 bits per heavy atom. The van der Waals surface area contributed by atoms with Crippen LogP contribution in [0.1, 0.15) is 62.9 Å². The Morgan fingerprint density at radius 3 is 1.96 bits per heavy atom. The Hall–Kier alpha value is -5.43. The van der Waals surface area contributed by atoms with Gasteiger partial charge in [-0.3, -0.25) is 18.8 Å². The van der Waals surface area contributed by atoms with Gasteiger partial charge in [0.2, 0.25) is 0 Å². The Kier molecular flexibility index (Phi) is 12.6. The average molecular weight is 765 g/mol. The van der Waals surface area contributed by atoms with Crippen LogP contribution in [0.4, 0.5) is 30.7 Å². The molecule has 0 N–H and O–H groups in total. The fraction of sp³-hybridized carbons (Fsp3) is 0.371. The van der Waals surface area contributed by atoms with Crippen LogP contribution in [0.2, 0.25) is 0 Å². The summed E-state index contributed by atoms with van der Waals surface area (Å²) in [6, 6.07) is 9.69. The molecule has 1 atom stereocenters. The molecule has 1 aliphatic heterocycles. The van der Waals surface area contributed by atoms with Gasteiger partial charge in [-0.1, -0.05) is 13.8 Å². The monoisotopic (exact) mass is 764 g/mol. The molecule has 1 unspecified atom stereocenters. The minimum Gasteiger partial charge on any atom is -0.406 e. The molecule has 19 heteroatoms. The van der Waals surface area contributed by atoms with Crippen LogP contribution in [0.15, 0.2) is 67.3 Å². The van der Waals surface area contributed by atoms with Crippen molar-refractivity contribution in [3.63, 3.8) is 0 Å². The number of hydrogen-bond donors (Lipinski definition) is 0. The van der Waals surface area contributed by atoms with E-state index in [1.165, 1.54) is 73.3 Å². The highest BCUT2D eigenvalue weighted by Crippen LogP contribution is 2.32. The standard InChI is InChI=1S/C17H15F3N4O2.C16H14F4N4O2.C2H6/c18-17(19,20)26-13-3-1-11(2-4-13)14-10-24-15(9-21-14)22-23-16(24)12-5-7-25-8-6-12;1-9(17)15-23-22-14-6-21-12(7-24(14)15)10-3-4-13(26-16(18,19)20)11(5-10)8-25-2;1-2/h1-4,9-10,12H,5-8H2;3-7,9H,8H2,1-2H3;1-2H3. The predicted molar refractivity (Wildman–Crippen MR) is 180 cm³/mol. The van der Waals surface area contributed by atoms with Crippen molar-refractivity contribution in [1.82, 2.24) is 39.2 Å². The molecule has 12 nitrogen and oxygen atoms in total. The predicted octanol–water partition coefficient (Wildman–Crippen LogP) is 8.48. The number of halogens is 7. The molecular weight excluding hydrogens is 729 g/mol. The number of ether oxygens (including phenoxy) is 4. The molecule has 2 aromatic carbocycles. The van der Waals surface area contributed by atoms with Crippen LogP contribution in [0.3, 0.4) is 0 Å². The molecule has 0 bridgehead atoms. The van der Waals surface area contributed by atoms with E-state index >= 15 is 0 Å². The van der Waals surface area contributed by atoms with Crippen LogP contribution in [-0.4, -0.2) is 72.2 Å². The van der Waals surface area contributed by atoms with Crippen molar-refractivity contribution >= 4 is 11.3 Å².